The van der Waals surface area contributed by atoms with Crippen molar-refractivity contribution < 1.29 is 9.90 Å². The van der Waals surface area contributed by atoms with Crippen molar-refractivity contribution in [3.05, 3.63) is 0 Å². The van der Waals surface area contributed by atoms with Gasteiger partial charge in [-0.2, -0.15) is 0 Å². The molecule has 1 fully saturated rings. The maximum atomic E-state index is 11.1. The highest BCUT2D eigenvalue weighted by atomic mass is 16.3. The molecule has 1 rings (SSSR count). The number of carbonyl (C=O) groups is 1. The van der Waals surface area contributed by atoms with E-state index in [9.17, 15) is 9.90 Å². The lowest BCUT2D eigenvalue weighted by atomic mass is 9.96. The van der Waals surface area contributed by atoms with Crippen LogP contribution in [0.25, 0.3) is 0 Å². The molecule has 4 heteroatoms. The zero-order valence-electron chi connectivity index (χ0n) is 8.45. The summed E-state index contributed by atoms with van der Waals surface area (Å²) in [5, 5.41) is 11.9. The molecule has 0 spiro atoms. The van der Waals surface area contributed by atoms with Gasteiger partial charge in [-0.05, 0) is 13.8 Å². The second-order valence-electron chi connectivity index (χ2n) is 3.75. The number of hydrogen-bond donors (Lipinski definition) is 2. The molecule has 0 radical (unpaired) electrons. The highest BCUT2D eigenvalue weighted by molar-refractivity contribution is 5.79. The van der Waals surface area contributed by atoms with Crippen LogP contribution >= 0.6 is 0 Å². The summed E-state index contributed by atoms with van der Waals surface area (Å²) in [6.45, 7) is 5.29. The van der Waals surface area contributed by atoms with Crippen LogP contribution in [0.2, 0.25) is 0 Å². The average molecular weight is 186 g/mol. The molecule has 2 atom stereocenters. The molecular weight excluding hydrogens is 168 g/mol. The van der Waals surface area contributed by atoms with Crippen LogP contribution < -0.4 is 5.32 Å². The van der Waals surface area contributed by atoms with E-state index in [1.165, 1.54) is 0 Å². The lowest BCUT2D eigenvalue weighted by Crippen LogP contribution is -2.58. The highest BCUT2D eigenvalue weighted by Crippen LogP contribution is 2.19. The smallest absolute Gasteiger partial charge is 0.225 e. The zero-order chi connectivity index (χ0) is 10.0. The third kappa shape index (κ3) is 2.19. The molecule has 0 aromatic carbocycles. The summed E-state index contributed by atoms with van der Waals surface area (Å²) < 4.78 is 0. The Kier molecular flexibility index (Phi) is 3.27. The molecule has 1 amide bonds. The predicted octanol–water partition coefficient (Wildman–Crippen LogP) is -0.566. The first kappa shape index (κ1) is 10.5. The molecule has 0 bridgehead atoms. The van der Waals surface area contributed by atoms with E-state index in [1.54, 1.807) is 14.0 Å². The lowest BCUT2D eigenvalue weighted by molar-refractivity contribution is -0.131. The Morgan fingerprint density at radius 2 is 2.08 bits per heavy atom. The second kappa shape index (κ2) is 4.07. The van der Waals surface area contributed by atoms with Crippen molar-refractivity contribution in [3.63, 3.8) is 0 Å². The molecular formula is C9H18N2O2. The first-order valence-electron chi connectivity index (χ1n) is 4.70. The van der Waals surface area contributed by atoms with Crippen LogP contribution in [-0.4, -0.2) is 48.2 Å². The van der Waals surface area contributed by atoms with Gasteiger partial charge < -0.3 is 10.4 Å². The minimum Gasteiger partial charge on any atom is -0.392 e. The average Bonchev–Trinajstić information content (AvgIpc) is 2.00. The molecule has 0 aromatic rings. The number of hydrogen-bond acceptors (Lipinski definition) is 3. The van der Waals surface area contributed by atoms with Gasteiger partial charge in [0.2, 0.25) is 5.91 Å². The van der Waals surface area contributed by atoms with Crippen LogP contribution in [0.5, 0.6) is 0 Å². The fraction of sp³-hybridized carbons (Fsp3) is 0.889. The van der Waals surface area contributed by atoms with Gasteiger partial charge in [0.25, 0.3) is 0 Å². The van der Waals surface area contributed by atoms with Gasteiger partial charge in [-0.3, -0.25) is 9.69 Å². The molecule has 1 saturated heterocycles. The molecule has 1 aliphatic rings. The van der Waals surface area contributed by atoms with E-state index in [4.69, 9.17) is 0 Å². The van der Waals surface area contributed by atoms with E-state index >= 15 is 0 Å². The van der Waals surface area contributed by atoms with Gasteiger partial charge in [-0.1, -0.05) is 0 Å². The first-order valence-corrected chi connectivity index (χ1v) is 4.70. The number of rotatable bonds is 3. The highest BCUT2D eigenvalue weighted by Gasteiger charge is 2.35. The van der Waals surface area contributed by atoms with Gasteiger partial charge in [0.1, 0.15) is 0 Å². The summed E-state index contributed by atoms with van der Waals surface area (Å²) in [4.78, 5) is 13.2. The number of carbonyl (C=O) groups excluding carboxylic acids is 1. The minimum atomic E-state index is -0.328. The summed E-state index contributed by atoms with van der Waals surface area (Å²) in [5.74, 6) is 0.222. The maximum absolute atomic E-state index is 11.1. The van der Waals surface area contributed by atoms with E-state index in [1.807, 2.05) is 6.92 Å². The maximum Gasteiger partial charge on any atom is 0.225 e. The van der Waals surface area contributed by atoms with E-state index in [2.05, 4.69) is 10.2 Å². The molecule has 2 N–H and O–H groups in total. The Morgan fingerprint density at radius 1 is 1.54 bits per heavy atom. The second-order valence-corrected chi connectivity index (χ2v) is 3.75. The Labute approximate surface area is 78.9 Å². The summed E-state index contributed by atoms with van der Waals surface area (Å²) in [6, 6.07) is 0.154. The summed E-state index contributed by atoms with van der Waals surface area (Å²) in [7, 11) is 1.66. The Balaban J connectivity index is 2.29. The normalized spacial score (nSPS) is 23.4. The lowest BCUT2D eigenvalue weighted by Gasteiger charge is -2.43. The number of aliphatic hydroxyl groups excluding tert-OH is 1. The number of amides is 1. The molecule has 1 aliphatic heterocycles. The van der Waals surface area contributed by atoms with E-state index < -0.39 is 0 Å². The number of nitrogens with zero attached hydrogens (tertiary/aromatic N) is 1. The third-order valence-electron chi connectivity index (χ3n) is 2.80. The third-order valence-corrected chi connectivity index (χ3v) is 2.80. The van der Waals surface area contributed by atoms with Crippen molar-refractivity contribution in [1.29, 1.82) is 0 Å². The van der Waals surface area contributed by atoms with Crippen LogP contribution in [0.4, 0.5) is 0 Å². The van der Waals surface area contributed by atoms with Crippen molar-refractivity contribution in [2.24, 2.45) is 5.92 Å². The van der Waals surface area contributed by atoms with Crippen LogP contribution in [0, 0.1) is 5.92 Å². The van der Waals surface area contributed by atoms with Crippen molar-refractivity contribution in [2.45, 2.75) is 26.0 Å². The van der Waals surface area contributed by atoms with Gasteiger partial charge >= 0.3 is 0 Å². The molecule has 4 nitrogen and oxygen atoms in total. The Bertz CT molecular complexity index is 188. The zero-order valence-corrected chi connectivity index (χ0v) is 8.45. The SMILES string of the molecule is CNC(=O)C1CN(C(C)C(C)O)C1. The molecule has 0 saturated carbocycles. The molecule has 1 heterocycles. The van der Waals surface area contributed by atoms with E-state index in [0.29, 0.717) is 0 Å². The summed E-state index contributed by atoms with van der Waals surface area (Å²) >= 11 is 0. The van der Waals surface area contributed by atoms with Gasteiger partial charge in [0.15, 0.2) is 0 Å². The molecule has 0 aliphatic carbocycles. The van der Waals surface area contributed by atoms with Crippen molar-refractivity contribution in [3.8, 4) is 0 Å². The fourth-order valence-electron chi connectivity index (χ4n) is 1.52. The quantitative estimate of drug-likeness (QED) is 0.621. The molecule has 76 valence electrons. The minimum absolute atomic E-state index is 0.106. The number of likely N-dealkylation sites (tertiary alicyclic amines) is 1. The van der Waals surface area contributed by atoms with Crippen molar-refractivity contribution in [2.75, 3.05) is 20.1 Å². The monoisotopic (exact) mass is 186 g/mol. The van der Waals surface area contributed by atoms with Crippen LogP contribution in [0.15, 0.2) is 0 Å². The van der Waals surface area contributed by atoms with Gasteiger partial charge in [0, 0.05) is 26.2 Å². The fourth-order valence-corrected chi connectivity index (χ4v) is 1.52. The Morgan fingerprint density at radius 3 is 2.46 bits per heavy atom. The summed E-state index contributed by atoms with van der Waals surface area (Å²) in [6.07, 6.45) is -0.328. The van der Waals surface area contributed by atoms with Crippen LogP contribution in [-0.2, 0) is 4.79 Å². The first-order chi connectivity index (χ1) is 6.06. The molecule has 13 heavy (non-hydrogen) atoms. The van der Waals surface area contributed by atoms with Crippen molar-refractivity contribution in [1.82, 2.24) is 10.2 Å². The molecule has 2 unspecified atom stereocenters. The standard InChI is InChI=1S/C9H18N2O2/c1-6(7(2)12)11-4-8(5-11)9(13)10-3/h6-8,12H,4-5H2,1-3H3,(H,10,13). The van der Waals surface area contributed by atoms with E-state index in [-0.39, 0.29) is 24.0 Å². The number of nitrogens with one attached hydrogen (secondary N) is 1. The van der Waals surface area contributed by atoms with Crippen molar-refractivity contribution >= 4 is 5.91 Å². The predicted molar refractivity (Wildman–Crippen MR) is 50.3 cm³/mol. The van der Waals surface area contributed by atoms with Crippen LogP contribution in [0.1, 0.15) is 13.8 Å². The van der Waals surface area contributed by atoms with Gasteiger partial charge in [0.05, 0.1) is 12.0 Å². The van der Waals surface area contributed by atoms with Gasteiger partial charge in [-0.15, -0.1) is 0 Å². The summed E-state index contributed by atoms with van der Waals surface area (Å²) in [5.41, 5.74) is 0. The number of aliphatic hydroxyl groups is 1. The molecule has 0 aromatic heterocycles. The van der Waals surface area contributed by atoms with Gasteiger partial charge in [-0.25, -0.2) is 0 Å². The Hall–Kier alpha value is -0.610. The van der Waals surface area contributed by atoms with Crippen LogP contribution in [0.3, 0.4) is 0 Å². The largest absolute Gasteiger partial charge is 0.392 e. The topological polar surface area (TPSA) is 52.6 Å². The van der Waals surface area contributed by atoms with E-state index in [0.717, 1.165) is 13.1 Å².